The number of ether oxygens (including phenoxy) is 1. The first kappa shape index (κ1) is 14.9. The third-order valence-electron chi connectivity index (χ3n) is 1.97. The highest BCUT2D eigenvalue weighted by Gasteiger charge is 2.06. The summed E-state index contributed by atoms with van der Waals surface area (Å²) in [6.45, 7) is 13.5. The predicted molar refractivity (Wildman–Crippen MR) is 66.4 cm³/mol. The molecule has 15 heavy (non-hydrogen) atoms. The maximum absolute atomic E-state index is 5.49. The van der Waals surface area contributed by atoms with Crippen LogP contribution in [0.3, 0.4) is 0 Å². The molecule has 2 N–H and O–H groups in total. The highest BCUT2D eigenvalue weighted by Crippen LogP contribution is 1.97. The van der Waals surface area contributed by atoms with E-state index in [1.807, 2.05) is 0 Å². The van der Waals surface area contributed by atoms with Crippen molar-refractivity contribution in [2.24, 2.45) is 0 Å². The smallest absolute Gasteiger partial charge is 0.0590 e. The van der Waals surface area contributed by atoms with Crippen molar-refractivity contribution in [3.8, 4) is 0 Å². The summed E-state index contributed by atoms with van der Waals surface area (Å²) in [7, 11) is 0. The number of hydrogen-bond donors (Lipinski definition) is 2. The second-order valence-corrected chi connectivity index (χ2v) is 4.89. The molecule has 0 amide bonds. The Bertz CT molecular complexity index is 132. The van der Waals surface area contributed by atoms with Gasteiger partial charge < -0.3 is 15.4 Å². The van der Waals surface area contributed by atoms with E-state index in [0.717, 1.165) is 39.3 Å². The Morgan fingerprint density at radius 2 is 1.73 bits per heavy atom. The van der Waals surface area contributed by atoms with Gasteiger partial charge in [-0.2, -0.15) is 0 Å². The molecule has 0 rings (SSSR count). The average Bonchev–Trinajstić information content (AvgIpc) is 2.14. The fourth-order valence-corrected chi connectivity index (χ4v) is 1.19. The Labute approximate surface area is 95.0 Å². The molecule has 0 aromatic rings. The van der Waals surface area contributed by atoms with Crippen LogP contribution in [0.1, 0.15) is 40.5 Å². The van der Waals surface area contributed by atoms with Crippen LogP contribution in [0.4, 0.5) is 0 Å². The quantitative estimate of drug-likeness (QED) is 0.576. The molecule has 0 aromatic heterocycles. The summed E-state index contributed by atoms with van der Waals surface area (Å²) in [6, 6.07) is 0. The van der Waals surface area contributed by atoms with Crippen LogP contribution in [-0.4, -0.2) is 38.4 Å². The fourth-order valence-electron chi connectivity index (χ4n) is 1.19. The molecule has 0 heterocycles. The minimum Gasteiger partial charge on any atom is -0.380 e. The second-order valence-electron chi connectivity index (χ2n) is 4.89. The average molecular weight is 216 g/mol. The van der Waals surface area contributed by atoms with Crippen LogP contribution in [-0.2, 0) is 4.74 Å². The first-order valence-electron chi connectivity index (χ1n) is 6.10. The van der Waals surface area contributed by atoms with E-state index in [1.165, 1.54) is 6.42 Å². The monoisotopic (exact) mass is 216 g/mol. The van der Waals surface area contributed by atoms with Gasteiger partial charge in [-0.15, -0.1) is 0 Å². The lowest BCUT2D eigenvalue weighted by atomic mass is 10.1. The van der Waals surface area contributed by atoms with Crippen LogP contribution in [0.15, 0.2) is 0 Å². The van der Waals surface area contributed by atoms with Gasteiger partial charge in [0.05, 0.1) is 6.61 Å². The molecule has 0 unspecified atom stereocenters. The van der Waals surface area contributed by atoms with Crippen LogP contribution in [0.2, 0.25) is 0 Å². The van der Waals surface area contributed by atoms with Crippen LogP contribution < -0.4 is 10.6 Å². The molecule has 92 valence electrons. The molecule has 0 fully saturated rings. The zero-order chi connectivity index (χ0) is 11.6. The van der Waals surface area contributed by atoms with Gasteiger partial charge in [0, 0.05) is 18.7 Å². The summed E-state index contributed by atoms with van der Waals surface area (Å²) < 4.78 is 5.49. The van der Waals surface area contributed by atoms with E-state index in [0.29, 0.717) is 0 Å². The van der Waals surface area contributed by atoms with E-state index in [2.05, 4.69) is 38.3 Å². The van der Waals surface area contributed by atoms with E-state index in [-0.39, 0.29) is 5.54 Å². The van der Waals surface area contributed by atoms with Crippen molar-refractivity contribution in [1.82, 2.24) is 10.6 Å². The molecule has 0 aliphatic rings. The van der Waals surface area contributed by atoms with Crippen molar-refractivity contribution >= 4 is 0 Å². The first-order valence-corrected chi connectivity index (χ1v) is 6.10. The fraction of sp³-hybridized carbons (Fsp3) is 1.00. The van der Waals surface area contributed by atoms with Gasteiger partial charge in [0.2, 0.25) is 0 Å². The lowest BCUT2D eigenvalue weighted by Crippen LogP contribution is -2.36. The zero-order valence-electron chi connectivity index (χ0n) is 10.9. The highest BCUT2D eigenvalue weighted by molar-refractivity contribution is 4.69. The Balaban J connectivity index is 2.99. The minimum atomic E-state index is 0.225. The molecule has 0 aliphatic carbocycles. The van der Waals surface area contributed by atoms with E-state index in [4.69, 9.17) is 4.74 Å². The Hall–Kier alpha value is -0.120. The van der Waals surface area contributed by atoms with E-state index in [9.17, 15) is 0 Å². The maximum atomic E-state index is 5.49. The van der Waals surface area contributed by atoms with Crippen molar-refractivity contribution in [2.45, 2.75) is 46.1 Å². The zero-order valence-corrected chi connectivity index (χ0v) is 10.9. The molecule has 0 aliphatic heterocycles. The van der Waals surface area contributed by atoms with Crippen molar-refractivity contribution in [3.05, 3.63) is 0 Å². The molecule has 0 bridgehead atoms. The van der Waals surface area contributed by atoms with Crippen molar-refractivity contribution < 1.29 is 4.74 Å². The van der Waals surface area contributed by atoms with E-state index >= 15 is 0 Å². The SMILES string of the molecule is CCCNCCOCCCNC(C)(C)C. The molecule has 0 spiro atoms. The van der Waals surface area contributed by atoms with E-state index < -0.39 is 0 Å². The minimum absolute atomic E-state index is 0.225. The Kier molecular flexibility index (Phi) is 9.06. The molecular weight excluding hydrogens is 188 g/mol. The third-order valence-corrected chi connectivity index (χ3v) is 1.97. The number of nitrogens with one attached hydrogen (secondary N) is 2. The molecule has 0 aromatic carbocycles. The van der Waals surface area contributed by atoms with Gasteiger partial charge in [-0.3, -0.25) is 0 Å². The molecular formula is C12H28N2O. The lowest BCUT2D eigenvalue weighted by Gasteiger charge is -2.20. The molecule has 0 saturated heterocycles. The number of rotatable bonds is 9. The van der Waals surface area contributed by atoms with Gasteiger partial charge in [0.25, 0.3) is 0 Å². The van der Waals surface area contributed by atoms with Crippen LogP contribution in [0.5, 0.6) is 0 Å². The molecule has 3 heteroatoms. The largest absolute Gasteiger partial charge is 0.380 e. The van der Waals surface area contributed by atoms with Gasteiger partial charge in [-0.1, -0.05) is 6.92 Å². The molecule has 3 nitrogen and oxygen atoms in total. The van der Waals surface area contributed by atoms with E-state index in [1.54, 1.807) is 0 Å². The van der Waals surface area contributed by atoms with Crippen molar-refractivity contribution in [1.29, 1.82) is 0 Å². The predicted octanol–water partition coefficient (Wildman–Crippen LogP) is 1.78. The maximum Gasteiger partial charge on any atom is 0.0590 e. The van der Waals surface area contributed by atoms with Crippen molar-refractivity contribution in [2.75, 3.05) is 32.8 Å². The van der Waals surface area contributed by atoms with Crippen molar-refractivity contribution in [3.63, 3.8) is 0 Å². The third kappa shape index (κ3) is 13.9. The highest BCUT2D eigenvalue weighted by atomic mass is 16.5. The van der Waals surface area contributed by atoms with Gasteiger partial charge in [-0.05, 0) is 46.7 Å². The summed E-state index contributed by atoms with van der Waals surface area (Å²) in [5.74, 6) is 0. The Morgan fingerprint density at radius 3 is 2.33 bits per heavy atom. The normalized spacial score (nSPS) is 12.0. The summed E-state index contributed by atoms with van der Waals surface area (Å²) in [4.78, 5) is 0. The topological polar surface area (TPSA) is 33.3 Å². The van der Waals surface area contributed by atoms with Crippen LogP contribution in [0.25, 0.3) is 0 Å². The lowest BCUT2D eigenvalue weighted by molar-refractivity contribution is 0.132. The number of hydrogen-bond acceptors (Lipinski definition) is 3. The van der Waals surface area contributed by atoms with Crippen LogP contribution >= 0.6 is 0 Å². The second kappa shape index (κ2) is 9.13. The van der Waals surface area contributed by atoms with Gasteiger partial charge in [0.15, 0.2) is 0 Å². The van der Waals surface area contributed by atoms with Gasteiger partial charge in [-0.25, -0.2) is 0 Å². The summed E-state index contributed by atoms with van der Waals surface area (Å²) in [5.41, 5.74) is 0.225. The summed E-state index contributed by atoms with van der Waals surface area (Å²) in [6.07, 6.45) is 2.28. The van der Waals surface area contributed by atoms with Gasteiger partial charge in [0.1, 0.15) is 0 Å². The first-order chi connectivity index (χ1) is 7.06. The molecule has 0 saturated carbocycles. The summed E-state index contributed by atoms with van der Waals surface area (Å²) in [5, 5.41) is 6.75. The standard InChI is InChI=1S/C12H28N2O/c1-5-7-13-9-11-15-10-6-8-14-12(2,3)4/h13-14H,5-11H2,1-4H3. The molecule has 0 radical (unpaired) electrons. The summed E-state index contributed by atoms with van der Waals surface area (Å²) >= 11 is 0. The Morgan fingerprint density at radius 1 is 1.00 bits per heavy atom. The molecule has 0 atom stereocenters. The van der Waals surface area contributed by atoms with Crippen LogP contribution in [0, 0.1) is 0 Å². The van der Waals surface area contributed by atoms with Gasteiger partial charge >= 0.3 is 0 Å².